The summed E-state index contributed by atoms with van der Waals surface area (Å²) in [6.07, 6.45) is 0.916. The normalized spacial score (nSPS) is 14.9. The molecule has 3 rings (SSSR count). The summed E-state index contributed by atoms with van der Waals surface area (Å²) in [4.78, 5) is 12.8. The van der Waals surface area contributed by atoms with Crippen molar-refractivity contribution in [2.45, 2.75) is 26.4 Å². The van der Waals surface area contributed by atoms with E-state index in [0.29, 0.717) is 35.1 Å². The first-order chi connectivity index (χ1) is 13.0. The van der Waals surface area contributed by atoms with E-state index in [-0.39, 0.29) is 17.0 Å². The van der Waals surface area contributed by atoms with Gasteiger partial charge in [0.25, 0.3) is 5.91 Å². The molecule has 0 bridgehead atoms. The van der Waals surface area contributed by atoms with Crippen LogP contribution < -0.4 is 24.3 Å². The Kier molecular flexibility index (Phi) is 5.65. The van der Waals surface area contributed by atoms with Crippen molar-refractivity contribution >= 4 is 23.2 Å². The molecule has 0 saturated carbocycles. The predicted octanol–water partition coefficient (Wildman–Crippen LogP) is 4.33. The molecule has 144 valence electrons. The fourth-order valence-corrected chi connectivity index (χ4v) is 3.34. The summed E-state index contributed by atoms with van der Waals surface area (Å²) in [5.74, 6) is 1.78. The van der Waals surface area contributed by atoms with Gasteiger partial charge in [0.1, 0.15) is 17.6 Å². The van der Waals surface area contributed by atoms with Gasteiger partial charge in [-0.2, -0.15) is 0 Å². The quantitative estimate of drug-likeness (QED) is 0.793. The molecule has 1 heterocycles. The molecular formula is C20H22ClNO5. The van der Waals surface area contributed by atoms with Crippen molar-refractivity contribution in [3.8, 4) is 23.0 Å². The first kappa shape index (κ1) is 19.2. The van der Waals surface area contributed by atoms with E-state index in [1.165, 1.54) is 20.3 Å². The maximum atomic E-state index is 12.8. The highest BCUT2D eigenvalue weighted by Gasteiger charge is 2.23. The van der Waals surface area contributed by atoms with E-state index in [0.717, 1.165) is 17.7 Å². The van der Waals surface area contributed by atoms with Crippen LogP contribution in [0.4, 0.5) is 5.69 Å². The molecule has 1 atom stereocenters. The molecule has 1 aliphatic heterocycles. The van der Waals surface area contributed by atoms with E-state index in [1.54, 1.807) is 12.1 Å². The summed E-state index contributed by atoms with van der Waals surface area (Å²) in [6, 6.07) is 6.82. The van der Waals surface area contributed by atoms with Crippen LogP contribution >= 0.6 is 11.6 Å². The number of fused-ring (bicyclic) bond motifs is 1. The van der Waals surface area contributed by atoms with Crippen LogP contribution in [-0.4, -0.2) is 32.8 Å². The van der Waals surface area contributed by atoms with Gasteiger partial charge >= 0.3 is 0 Å². The number of carbonyl (C=O) groups excluding carboxylic acids is 1. The Hall–Kier alpha value is -2.60. The van der Waals surface area contributed by atoms with E-state index in [2.05, 4.69) is 5.32 Å². The molecule has 0 radical (unpaired) electrons. The lowest BCUT2D eigenvalue weighted by molar-refractivity contribution is 0.102. The minimum absolute atomic E-state index is 0.102. The molecule has 0 saturated heterocycles. The largest absolute Gasteiger partial charge is 0.493 e. The molecule has 2 aromatic carbocycles. The second-order valence-electron chi connectivity index (χ2n) is 6.17. The van der Waals surface area contributed by atoms with Crippen molar-refractivity contribution in [3.05, 3.63) is 40.4 Å². The van der Waals surface area contributed by atoms with Crippen LogP contribution in [0.5, 0.6) is 23.0 Å². The van der Waals surface area contributed by atoms with Crippen molar-refractivity contribution in [2.24, 2.45) is 0 Å². The number of ether oxygens (including phenoxy) is 4. The summed E-state index contributed by atoms with van der Waals surface area (Å²) < 4.78 is 22.0. The van der Waals surface area contributed by atoms with Gasteiger partial charge in [-0.25, -0.2) is 0 Å². The Morgan fingerprint density at radius 3 is 2.67 bits per heavy atom. The van der Waals surface area contributed by atoms with Crippen molar-refractivity contribution < 1.29 is 23.7 Å². The summed E-state index contributed by atoms with van der Waals surface area (Å²) in [6.45, 7) is 4.39. The molecule has 1 aliphatic rings. The van der Waals surface area contributed by atoms with Crippen molar-refractivity contribution in [3.63, 3.8) is 0 Å². The van der Waals surface area contributed by atoms with Gasteiger partial charge in [-0.15, -0.1) is 0 Å². The van der Waals surface area contributed by atoms with Crippen LogP contribution in [0.15, 0.2) is 24.3 Å². The van der Waals surface area contributed by atoms with Gasteiger partial charge in [-0.1, -0.05) is 11.6 Å². The molecule has 27 heavy (non-hydrogen) atoms. The van der Waals surface area contributed by atoms with Gasteiger partial charge in [0.2, 0.25) is 0 Å². The van der Waals surface area contributed by atoms with E-state index >= 15 is 0 Å². The Labute approximate surface area is 163 Å². The average Bonchev–Trinajstić information content (AvgIpc) is 3.00. The lowest BCUT2D eigenvalue weighted by Crippen LogP contribution is -2.13. The van der Waals surface area contributed by atoms with Crippen LogP contribution in [0.2, 0.25) is 5.02 Å². The van der Waals surface area contributed by atoms with Crippen LogP contribution in [0.25, 0.3) is 0 Å². The minimum atomic E-state index is -0.343. The van der Waals surface area contributed by atoms with Crippen LogP contribution in [0.1, 0.15) is 29.8 Å². The summed E-state index contributed by atoms with van der Waals surface area (Å²) in [5, 5.41) is 3.16. The molecule has 0 aromatic heterocycles. The summed E-state index contributed by atoms with van der Waals surface area (Å²) in [5.41, 5.74) is 1.95. The first-order valence-corrected chi connectivity index (χ1v) is 9.03. The maximum absolute atomic E-state index is 12.8. The molecule has 1 N–H and O–H groups in total. The molecule has 0 unspecified atom stereocenters. The van der Waals surface area contributed by atoms with Crippen LogP contribution in [-0.2, 0) is 6.42 Å². The van der Waals surface area contributed by atoms with E-state index < -0.39 is 0 Å². The molecule has 6 nitrogen and oxygen atoms in total. The van der Waals surface area contributed by atoms with E-state index in [1.807, 2.05) is 19.9 Å². The molecule has 1 amide bonds. The number of halogens is 1. The van der Waals surface area contributed by atoms with Crippen LogP contribution in [0, 0.1) is 0 Å². The summed E-state index contributed by atoms with van der Waals surface area (Å²) in [7, 11) is 2.98. The lowest BCUT2D eigenvalue weighted by atomic mass is 10.1. The van der Waals surface area contributed by atoms with Gasteiger partial charge in [0.15, 0.2) is 11.5 Å². The standard InChI is InChI=1S/C20H22ClNO5/c1-5-26-17-8-12-6-11(2)27-16(12)10-15(17)22-20(23)13-7-14(21)19(25-4)18(9-13)24-3/h7-11H,5-6H2,1-4H3,(H,22,23)/t11-/m1/s1. The molecule has 7 heteroatoms. The first-order valence-electron chi connectivity index (χ1n) is 8.66. The number of carbonyl (C=O) groups is 1. The summed E-state index contributed by atoms with van der Waals surface area (Å²) >= 11 is 6.20. The third-order valence-electron chi connectivity index (χ3n) is 4.24. The lowest BCUT2D eigenvalue weighted by Gasteiger charge is -2.15. The predicted molar refractivity (Wildman–Crippen MR) is 104 cm³/mol. The zero-order chi connectivity index (χ0) is 19.6. The minimum Gasteiger partial charge on any atom is -0.493 e. The number of amides is 1. The highest BCUT2D eigenvalue weighted by molar-refractivity contribution is 6.32. The molecule has 2 aromatic rings. The van der Waals surface area contributed by atoms with Crippen molar-refractivity contribution in [1.82, 2.24) is 0 Å². The Morgan fingerprint density at radius 1 is 1.22 bits per heavy atom. The van der Waals surface area contributed by atoms with Crippen molar-refractivity contribution in [2.75, 3.05) is 26.1 Å². The number of benzene rings is 2. The molecular weight excluding hydrogens is 370 g/mol. The Balaban J connectivity index is 1.92. The molecule has 0 fully saturated rings. The van der Waals surface area contributed by atoms with Gasteiger partial charge in [-0.05, 0) is 32.0 Å². The molecule has 0 aliphatic carbocycles. The zero-order valence-electron chi connectivity index (χ0n) is 15.7. The number of hydrogen-bond acceptors (Lipinski definition) is 5. The van der Waals surface area contributed by atoms with E-state index in [4.69, 9.17) is 30.5 Å². The highest BCUT2D eigenvalue weighted by Crippen LogP contribution is 2.39. The number of rotatable bonds is 6. The van der Waals surface area contributed by atoms with Crippen molar-refractivity contribution in [1.29, 1.82) is 0 Å². The third kappa shape index (κ3) is 3.90. The maximum Gasteiger partial charge on any atom is 0.255 e. The van der Waals surface area contributed by atoms with Gasteiger partial charge in [-0.3, -0.25) is 4.79 Å². The molecule has 0 spiro atoms. The van der Waals surface area contributed by atoms with Gasteiger partial charge < -0.3 is 24.3 Å². The SMILES string of the molecule is CCOc1cc2c(cc1NC(=O)c1cc(Cl)c(OC)c(OC)c1)O[C@H](C)C2. The monoisotopic (exact) mass is 391 g/mol. The number of methoxy groups -OCH3 is 2. The number of anilines is 1. The fourth-order valence-electron chi connectivity index (χ4n) is 3.06. The zero-order valence-corrected chi connectivity index (χ0v) is 16.5. The van der Waals surface area contributed by atoms with Gasteiger partial charge in [0.05, 0.1) is 31.5 Å². The smallest absolute Gasteiger partial charge is 0.255 e. The second-order valence-corrected chi connectivity index (χ2v) is 6.58. The van der Waals surface area contributed by atoms with Gasteiger partial charge in [0, 0.05) is 23.6 Å². The average molecular weight is 392 g/mol. The fraction of sp³-hybridized carbons (Fsp3) is 0.350. The van der Waals surface area contributed by atoms with E-state index in [9.17, 15) is 4.79 Å². The second kappa shape index (κ2) is 7.96. The number of nitrogens with one attached hydrogen (secondary N) is 1. The number of hydrogen-bond donors (Lipinski definition) is 1. The Morgan fingerprint density at radius 2 is 2.00 bits per heavy atom. The van der Waals surface area contributed by atoms with Crippen LogP contribution in [0.3, 0.4) is 0 Å². The Bertz CT molecular complexity index is 868. The highest BCUT2D eigenvalue weighted by atomic mass is 35.5. The topological polar surface area (TPSA) is 66.0 Å². The third-order valence-corrected chi connectivity index (χ3v) is 4.52.